The third-order valence-corrected chi connectivity index (χ3v) is 6.28. The SMILES string of the molecule is O=C(Nc1ccc(Cl)cc1Cl)C(Nc1ccc(Cl)cc1Cl)(c1ccccc1)c1ccccc1. The van der Waals surface area contributed by atoms with Gasteiger partial charge in [-0.05, 0) is 47.5 Å². The first-order valence-electron chi connectivity index (χ1n) is 10.0. The van der Waals surface area contributed by atoms with Crippen molar-refractivity contribution in [2.45, 2.75) is 5.54 Å². The highest BCUT2D eigenvalue weighted by molar-refractivity contribution is 6.37. The monoisotopic (exact) mass is 514 g/mol. The Morgan fingerprint density at radius 2 is 1.06 bits per heavy atom. The first-order chi connectivity index (χ1) is 15.9. The molecule has 33 heavy (non-hydrogen) atoms. The van der Waals surface area contributed by atoms with Crippen molar-refractivity contribution in [1.82, 2.24) is 0 Å². The quantitative estimate of drug-likeness (QED) is 0.271. The Balaban J connectivity index is 1.91. The summed E-state index contributed by atoms with van der Waals surface area (Å²) in [7, 11) is 0. The van der Waals surface area contributed by atoms with Gasteiger partial charge < -0.3 is 10.6 Å². The zero-order valence-electron chi connectivity index (χ0n) is 17.2. The maximum absolute atomic E-state index is 14.1. The zero-order chi connectivity index (χ0) is 23.4. The first kappa shape index (κ1) is 23.5. The fourth-order valence-electron chi connectivity index (χ4n) is 3.61. The van der Waals surface area contributed by atoms with Crippen molar-refractivity contribution in [1.29, 1.82) is 0 Å². The van der Waals surface area contributed by atoms with E-state index in [4.69, 9.17) is 46.4 Å². The van der Waals surface area contributed by atoms with Gasteiger partial charge in [-0.1, -0.05) is 107 Å². The van der Waals surface area contributed by atoms with E-state index in [9.17, 15) is 4.79 Å². The number of hydrogen-bond acceptors (Lipinski definition) is 2. The molecule has 0 heterocycles. The highest BCUT2D eigenvalue weighted by Crippen LogP contribution is 2.38. The zero-order valence-corrected chi connectivity index (χ0v) is 20.2. The molecule has 0 aliphatic heterocycles. The van der Waals surface area contributed by atoms with Gasteiger partial charge in [-0.25, -0.2) is 0 Å². The van der Waals surface area contributed by atoms with Gasteiger partial charge in [0, 0.05) is 10.0 Å². The highest BCUT2D eigenvalue weighted by atomic mass is 35.5. The molecular formula is C26H18Cl4N2O. The summed E-state index contributed by atoms with van der Waals surface area (Å²) < 4.78 is 0. The minimum Gasteiger partial charge on any atom is -0.363 e. The lowest BCUT2D eigenvalue weighted by atomic mass is 9.81. The van der Waals surface area contributed by atoms with Crippen LogP contribution in [0.2, 0.25) is 20.1 Å². The minimum atomic E-state index is -1.34. The van der Waals surface area contributed by atoms with Crippen LogP contribution in [0, 0.1) is 0 Å². The van der Waals surface area contributed by atoms with Gasteiger partial charge in [-0.3, -0.25) is 4.79 Å². The van der Waals surface area contributed by atoms with Crippen molar-refractivity contribution in [3.63, 3.8) is 0 Å². The molecule has 3 nitrogen and oxygen atoms in total. The van der Waals surface area contributed by atoms with Crippen LogP contribution in [0.1, 0.15) is 11.1 Å². The predicted molar refractivity (Wildman–Crippen MR) is 139 cm³/mol. The van der Waals surface area contributed by atoms with Crippen LogP contribution in [-0.4, -0.2) is 5.91 Å². The third-order valence-electron chi connectivity index (χ3n) is 5.19. The number of rotatable bonds is 6. The number of nitrogens with one attached hydrogen (secondary N) is 2. The molecule has 0 saturated heterocycles. The van der Waals surface area contributed by atoms with Crippen LogP contribution in [0.15, 0.2) is 97.1 Å². The molecule has 166 valence electrons. The summed E-state index contributed by atoms with van der Waals surface area (Å²) in [6.07, 6.45) is 0. The molecule has 0 atom stereocenters. The number of hydrogen-bond donors (Lipinski definition) is 2. The number of carbonyl (C=O) groups excluding carboxylic acids is 1. The van der Waals surface area contributed by atoms with Gasteiger partial charge in [0.05, 0.1) is 21.4 Å². The van der Waals surface area contributed by atoms with Crippen LogP contribution in [-0.2, 0) is 10.3 Å². The van der Waals surface area contributed by atoms with Gasteiger partial charge in [0.1, 0.15) is 0 Å². The first-order valence-corrected chi connectivity index (χ1v) is 11.5. The molecule has 0 aliphatic carbocycles. The lowest BCUT2D eigenvalue weighted by Gasteiger charge is -2.36. The molecule has 4 aromatic rings. The third kappa shape index (κ3) is 4.97. The molecule has 1 amide bonds. The standard InChI is InChI=1S/C26H18Cl4N2O/c27-19-11-13-23(21(29)15-19)31-25(33)26(17-7-3-1-4-8-17,18-9-5-2-6-10-18)32-24-14-12-20(28)16-22(24)30/h1-16,32H,(H,31,33). The molecule has 0 unspecified atom stereocenters. The van der Waals surface area contributed by atoms with E-state index in [0.29, 0.717) is 42.6 Å². The smallest absolute Gasteiger partial charge is 0.259 e. The summed E-state index contributed by atoms with van der Waals surface area (Å²) >= 11 is 25.0. The van der Waals surface area contributed by atoms with E-state index in [0.717, 1.165) is 0 Å². The Morgan fingerprint density at radius 1 is 0.606 bits per heavy atom. The Labute approximate surface area is 212 Å². The second-order valence-electron chi connectivity index (χ2n) is 7.31. The summed E-state index contributed by atoms with van der Waals surface area (Å²) in [4.78, 5) is 14.1. The summed E-state index contributed by atoms with van der Waals surface area (Å²) in [5, 5.41) is 8.05. The van der Waals surface area contributed by atoms with E-state index in [1.807, 2.05) is 60.7 Å². The Bertz CT molecular complexity index is 1240. The lowest BCUT2D eigenvalue weighted by Crippen LogP contribution is -2.48. The van der Waals surface area contributed by atoms with Gasteiger partial charge >= 0.3 is 0 Å². The average Bonchev–Trinajstić information content (AvgIpc) is 2.81. The van der Waals surface area contributed by atoms with Crippen molar-refractivity contribution >= 4 is 63.7 Å². The maximum atomic E-state index is 14.1. The largest absolute Gasteiger partial charge is 0.363 e. The van der Waals surface area contributed by atoms with E-state index < -0.39 is 5.54 Å². The van der Waals surface area contributed by atoms with Crippen LogP contribution >= 0.6 is 46.4 Å². The molecule has 0 aliphatic rings. The lowest BCUT2D eigenvalue weighted by molar-refractivity contribution is -0.119. The molecule has 4 aromatic carbocycles. The van der Waals surface area contributed by atoms with Crippen LogP contribution in [0.25, 0.3) is 0 Å². The summed E-state index contributed by atoms with van der Waals surface area (Å²) in [6.45, 7) is 0. The molecule has 0 bridgehead atoms. The molecule has 0 saturated carbocycles. The molecule has 0 spiro atoms. The normalized spacial score (nSPS) is 11.2. The summed E-state index contributed by atoms with van der Waals surface area (Å²) in [5.74, 6) is -0.352. The maximum Gasteiger partial charge on any atom is 0.259 e. The van der Waals surface area contributed by atoms with Crippen LogP contribution in [0.4, 0.5) is 11.4 Å². The van der Waals surface area contributed by atoms with Gasteiger partial charge in [0.2, 0.25) is 0 Å². The van der Waals surface area contributed by atoms with Crippen LogP contribution in [0.5, 0.6) is 0 Å². The fraction of sp³-hybridized carbons (Fsp3) is 0.0385. The molecule has 7 heteroatoms. The molecule has 2 N–H and O–H groups in total. The second-order valence-corrected chi connectivity index (χ2v) is 9.00. The van der Waals surface area contributed by atoms with Crippen molar-refractivity contribution in [3.05, 3.63) is 128 Å². The van der Waals surface area contributed by atoms with E-state index >= 15 is 0 Å². The number of halogens is 4. The van der Waals surface area contributed by atoms with Gasteiger partial charge in [-0.2, -0.15) is 0 Å². The van der Waals surface area contributed by atoms with Crippen LogP contribution in [0.3, 0.4) is 0 Å². The highest BCUT2D eigenvalue weighted by Gasteiger charge is 2.43. The van der Waals surface area contributed by atoms with Crippen molar-refractivity contribution in [2.24, 2.45) is 0 Å². The van der Waals surface area contributed by atoms with E-state index in [-0.39, 0.29) is 5.91 Å². The van der Waals surface area contributed by atoms with E-state index in [2.05, 4.69) is 10.6 Å². The number of carbonyl (C=O) groups is 1. The molecule has 0 fully saturated rings. The molecule has 0 aromatic heterocycles. The van der Waals surface area contributed by atoms with Crippen LogP contribution < -0.4 is 10.6 Å². The Kier molecular flexibility index (Phi) is 7.16. The van der Waals surface area contributed by atoms with Gasteiger partial charge in [0.25, 0.3) is 5.91 Å². The van der Waals surface area contributed by atoms with Gasteiger partial charge in [0.15, 0.2) is 5.54 Å². The second kappa shape index (κ2) is 10.1. The van der Waals surface area contributed by atoms with E-state index in [1.54, 1.807) is 36.4 Å². The van der Waals surface area contributed by atoms with Crippen molar-refractivity contribution in [2.75, 3.05) is 10.6 Å². The van der Waals surface area contributed by atoms with E-state index in [1.165, 1.54) is 0 Å². The summed E-state index contributed by atoms with van der Waals surface area (Å²) in [6, 6.07) is 28.8. The molecule has 0 radical (unpaired) electrons. The minimum absolute atomic E-state index is 0.329. The Hall–Kier alpha value is -2.69. The predicted octanol–water partition coefficient (Wildman–Crippen LogP) is 8.29. The Morgan fingerprint density at radius 3 is 1.52 bits per heavy atom. The average molecular weight is 516 g/mol. The topological polar surface area (TPSA) is 41.1 Å². The number of benzene rings is 4. The number of amides is 1. The summed E-state index contributed by atoms with van der Waals surface area (Å²) in [5.41, 5.74) is 1.07. The molecular weight excluding hydrogens is 498 g/mol. The molecule has 4 rings (SSSR count). The van der Waals surface area contributed by atoms with Crippen molar-refractivity contribution < 1.29 is 4.79 Å². The number of anilines is 2. The fourth-order valence-corrected chi connectivity index (χ4v) is 4.52. The van der Waals surface area contributed by atoms with Crippen molar-refractivity contribution in [3.8, 4) is 0 Å². The van der Waals surface area contributed by atoms with Gasteiger partial charge in [-0.15, -0.1) is 0 Å².